The summed E-state index contributed by atoms with van der Waals surface area (Å²) in [4.78, 5) is 23.3. The first-order chi connectivity index (χ1) is 31.5. The van der Waals surface area contributed by atoms with Gasteiger partial charge in [-0.25, -0.2) is 29.0 Å². The lowest BCUT2D eigenvalue weighted by Crippen LogP contribution is -2.43. The molecule has 8 heterocycles. The Morgan fingerprint density at radius 3 is 1.39 bits per heavy atom. The van der Waals surface area contributed by atoms with E-state index in [9.17, 15) is 0 Å². The molecule has 4 aromatic carbocycles. The Morgan fingerprint density at radius 1 is 0.453 bits per heavy atom. The second-order valence-electron chi connectivity index (χ2n) is 16.2. The molecule has 1 N–H and O–H groups in total. The zero-order chi connectivity index (χ0) is 43.0. The van der Waals surface area contributed by atoms with Crippen molar-refractivity contribution in [1.82, 2.24) is 44.5 Å². The quantitative estimate of drug-likeness (QED) is 0.163. The van der Waals surface area contributed by atoms with E-state index >= 15 is 0 Å². The van der Waals surface area contributed by atoms with E-state index in [2.05, 4.69) is 89.9 Å². The summed E-state index contributed by atoms with van der Waals surface area (Å²) < 4.78 is 3.67. The Labute approximate surface area is 380 Å². The lowest BCUT2D eigenvalue weighted by atomic mass is 10.0. The number of anilines is 2. The number of pyridine rings is 2. The Morgan fingerprint density at radius 2 is 0.906 bits per heavy atom. The van der Waals surface area contributed by atoms with Crippen LogP contribution >= 0.6 is 23.2 Å². The van der Waals surface area contributed by atoms with Crippen LogP contribution in [0.25, 0.3) is 77.6 Å². The third-order valence-electron chi connectivity index (χ3n) is 12.3. The monoisotopic (exact) mass is 879 g/mol. The molecule has 12 rings (SSSR count). The second kappa shape index (κ2) is 17.3. The lowest BCUT2D eigenvalue weighted by molar-refractivity contribution is 0.578. The molecule has 2 aliphatic rings. The van der Waals surface area contributed by atoms with Gasteiger partial charge in [0.05, 0.1) is 23.4 Å². The third-order valence-corrected chi connectivity index (χ3v) is 12.7. The molecule has 2 fully saturated rings. The molecule has 0 spiro atoms. The van der Waals surface area contributed by atoms with Crippen LogP contribution < -0.4 is 15.1 Å². The van der Waals surface area contributed by atoms with Crippen molar-refractivity contribution in [2.45, 2.75) is 19.3 Å². The molecule has 0 atom stereocenters. The minimum Gasteiger partial charge on any atom is -0.372 e. The van der Waals surface area contributed by atoms with Gasteiger partial charge in [0.1, 0.15) is 10.3 Å². The molecule has 64 heavy (non-hydrogen) atoms. The summed E-state index contributed by atoms with van der Waals surface area (Å²) in [5, 5.41) is 15.6. The van der Waals surface area contributed by atoms with E-state index in [1.807, 2.05) is 101 Å². The number of nitrogens with one attached hydrogen (secondary N) is 1. The highest BCUT2D eigenvalue weighted by atomic mass is 35.5. The number of fused-ring (bicyclic) bond motifs is 4. The van der Waals surface area contributed by atoms with Crippen LogP contribution in [-0.4, -0.2) is 78.4 Å². The van der Waals surface area contributed by atoms with Crippen molar-refractivity contribution in [3.05, 3.63) is 157 Å². The van der Waals surface area contributed by atoms with E-state index < -0.39 is 0 Å². The molecular formula is C51H43Cl2N11. The first kappa shape index (κ1) is 39.9. The van der Waals surface area contributed by atoms with E-state index in [4.69, 9.17) is 33.2 Å². The number of halogens is 2. The van der Waals surface area contributed by atoms with E-state index in [0.717, 1.165) is 117 Å². The van der Waals surface area contributed by atoms with Crippen LogP contribution in [0.2, 0.25) is 10.3 Å². The summed E-state index contributed by atoms with van der Waals surface area (Å²) in [7, 11) is 0. The van der Waals surface area contributed by atoms with Crippen molar-refractivity contribution in [2.75, 3.05) is 49.1 Å². The van der Waals surface area contributed by atoms with E-state index in [-0.39, 0.29) is 0 Å². The molecule has 0 aliphatic carbocycles. The van der Waals surface area contributed by atoms with Crippen molar-refractivity contribution in [3.63, 3.8) is 0 Å². The minimum absolute atomic E-state index is 0.458. The Balaban J connectivity index is 0.000000143. The number of nitrogens with zero attached hydrogens (tertiary/aromatic N) is 10. The zero-order valence-electron chi connectivity index (χ0n) is 34.9. The Hall–Kier alpha value is -6.92. The number of hydrogen-bond donors (Lipinski definition) is 1. The van der Waals surface area contributed by atoms with E-state index in [1.54, 1.807) is 0 Å². The van der Waals surface area contributed by atoms with Gasteiger partial charge in [0, 0.05) is 108 Å². The smallest absolute Gasteiger partial charge is 0.162 e. The standard InChI is InChI=1S/C26H22ClN5.C25H21ClN6/c27-25-14-22(21-6-2-3-7-24(21)30-25)23-16-29-32-17-19(15-28-26(23)32)18-8-10-20(11-9-18)31-12-4-1-5-13-31;26-24-13-21(20-3-1-2-4-23(20)30-24)22-15-29-32-16-18(14-28-25(22)32)17-5-7-19(8-6-17)31-11-9-27-10-12-31/h2-3,6-11,14-17H,1,4-5,12-13H2;1-8,13-16,27H,9-12H2. The van der Waals surface area contributed by atoms with Crippen LogP contribution in [0.5, 0.6) is 0 Å². The van der Waals surface area contributed by atoms with E-state index in [0.29, 0.717) is 10.3 Å². The van der Waals surface area contributed by atoms with Crippen molar-refractivity contribution in [3.8, 4) is 44.5 Å². The fourth-order valence-electron chi connectivity index (χ4n) is 8.96. The number of piperazine rings is 1. The average Bonchev–Trinajstić information content (AvgIpc) is 3.98. The van der Waals surface area contributed by atoms with Gasteiger partial charge in [0.15, 0.2) is 11.3 Å². The van der Waals surface area contributed by atoms with Gasteiger partial charge >= 0.3 is 0 Å². The van der Waals surface area contributed by atoms with Crippen LogP contribution in [0, 0.1) is 0 Å². The first-order valence-electron chi connectivity index (χ1n) is 21.7. The number of para-hydroxylation sites is 2. The Bertz CT molecular complexity index is 3060. The van der Waals surface area contributed by atoms with Crippen LogP contribution in [0.4, 0.5) is 11.4 Å². The van der Waals surface area contributed by atoms with Gasteiger partial charge in [0.25, 0.3) is 0 Å². The summed E-state index contributed by atoms with van der Waals surface area (Å²) in [5.41, 5.74) is 14.0. The van der Waals surface area contributed by atoms with Crippen LogP contribution in [0.15, 0.2) is 146 Å². The second-order valence-corrected chi connectivity index (χ2v) is 17.0. The fourth-order valence-corrected chi connectivity index (χ4v) is 9.36. The predicted molar refractivity (Wildman–Crippen MR) is 259 cm³/mol. The first-order valence-corrected chi connectivity index (χ1v) is 22.5. The third kappa shape index (κ3) is 7.87. The highest BCUT2D eigenvalue weighted by molar-refractivity contribution is 6.30. The molecule has 0 bridgehead atoms. The summed E-state index contributed by atoms with van der Waals surface area (Å²) in [6.45, 7) is 6.43. The lowest BCUT2D eigenvalue weighted by Gasteiger charge is -2.29. The molecule has 0 saturated carbocycles. The molecule has 10 aromatic rings. The van der Waals surface area contributed by atoms with Gasteiger partial charge in [0.2, 0.25) is 0 Å². The Kier molecular flexibility index (Phi) is 10.8. The summed E-state index contributed by atoms with van der Waals surface area (Å²) in [5.74, 6) is 0. The number of rotatable bonds is 6. The van der Waals surface area contributed by atoms with Crippen molar-refractivity contribution in [2.24, 2.45) is 0 Å². The van der Waals surface area contributed by atoms with Crippen molar-refractivity contribution >= 4 is 67.7 Å². The van der Waals surface area contributed by atoms with E-state index in [1.165, 1.54) is 30.6 Å². The largest absolute Gasteiger partial charge is 0.372 e. The van der Waals surface area contributed by atoms with Gasteiger partial charge < -0.3 is 15.1 Å². The van der Waals surface area contributed by atoms with Gasteiger partial charge in [-0.05, 0) is 90.0 Å². The van der Waals surface area contributed by atoms with Crippen LogP contribution in [0.3, 0.4) is 0 Å². The number of hydrogen-bond acceptors (Lipinski definition) is 9. The summed E-state index contributed by atoms with van der Waals surface area (Å²) in [6.07, 6.45) is 15.5. The summed E-state index contributed by atoms with van der Waals surface area (Å²) in [6, 6.07) is 37.2. The molecule has 0 radical (unpaired) electrons. The number of aromatic nitrogens is 8. The molecule has 0 amide bonds. The topological polar surface area (TPSA) is 105 Å². The maximum Gasteiger partial charge on any atom is 0.162 e. The fraction of sp³-hybridized carbons (Fsp3) is 0.176. The van der Waals surface area contributed by atoms with Crippen molar-refractivity contribution < 1.29 is 0 Å². The molecule has 2 aliphatic heterocycles. The maximum absolute atomic E-state index is 6.30. The predicted octanol–water partition coefficient (Wildman–Crippen LogP) is 10.9. The molecule has 11 nitrogen and oxygen atoms in total. The van der Waals surface area contributed by atoms with Crippen molar-refractivity contribution in [1.29, 1.82) is 0 Å². The highest BCUT2D eigenvalue weighted by Crippen LogP contribution is 2.35. The molecule has 2 saturated heterocycles. The van der Waals surface area contributed by atoms with Gasteiger partial charge in [-0.15, -0.1) is 0 Å². The minimum atomic E-state index is 0.458. The molecular weight excluding hydrogens is 838 g/mol. The van der Waals surface area contributed by atoms with Crippen LogP contribution in [-0.2, 0) is 0 Å². The number of benzene rings is 4. The summed E-state index contributed by atoms with van der Waals surface area (Å²) >= 11 is 12.6. The molecule has 316 valence electrons. The SMILES string of the molecule is Clc1cc(-c2cnn3cc(-c4ccc(N5CCCCC5)cc4)cnc23)c2ccccc2n1.Clc1cc(-c2cnn3cc(-c4ccc(N5CCNCC5)cc4)cnc23)c2ccccc2n1. The average molecular weight is 881 g/mol. The maximum atomic E-state index is 6.30. The van der Waals surface area contributed by atoms with Crippen LogP contribution in [0.1, 0.15) is 19.3 Å². The van der Waals surface area contributed by atoms with Gasteiger partial charge in [-0.1, -0.05) is 83.9 Å². The normalized spacial score (nSPS) is 14.3. The molecule has 6 aromatic heterocycles. The molecule has 0 unspecified atom stereocenters. The number of piperidine rings is 1. The zero-order valence-corrected chi connectivity index (χ0v) is 36.5. The molecule has 13 heteroatoms. The van der Waals surface area contributed by atoms with Gasteiger partial charge in [-0.2, -0.15) is 10.2 Å². The van der Waals surface area contributed by atoms with Gasteiger partial charge in [-0.3, -0.25) is 0 Å². The highest BCUT2D eigenvalue weighted by Gasteiger charge is 2.17.